The molecule has 0 aromatic rings. The van der Waals surface area contributed by atoms with Gasteiger partial charge in [-0.1, -0.05) is 0 Å². The van der Waals surface area contributed by atoms with E-state index in [4.69, 9.17) is 0 Å². The molecule has 2 rings (SSSR count). The third kappa shape index (κ3) is 0.526. The van der Waals surface area contributed by atoms with Crippen molar-refractivity contribution in [2.45, 2.75) is 5.91 Å². The third-order valence-electron chi connectivity index (χ3n) is 1.12. The molecule has 0 unspecified atom stereocenters. The van der Waals surface area contributed by atoms with Crippen LogP contribution in [0.15, 0.2) is 20.0 Å². The first-order valence-corrected chi connectivity index (χ1v) is 2.59. The molecule has 0 atom stereocenters. The molecule has 0 saturated heterocycles. The van der Waals surface area contributed by atoms with Crippen LogP contribution in [0.4, 0.5) is 0 Å². The lowest BCUT2D eigenvalue weighted by Gasteiger charge is -2.05. The minimum Gasteiger partial charge on any atom is -0.219 e. The minimum absolute atomic E-state index is 0.833. The van der Waals surface area contributed by atoms with Crippen LogP contribution in [0.3, 0.4) is 0 Å². The van der Waals surface area contributed by atoms with E-state index in [0.717, 1.165) is 0 Å². The number of rotatable bonds is 0. The Morgan fingerprint density at radius 1 is 0.667 bits per heavy atom. The van der Waals surface area contributed by atoms with E-state index in [1.165, 1.54) is 0 Å². The van der Waals surface area contributed by atoms with E-state index < -0.39 is 5.91 Å². The number of hydrogen-bond acceptors (Lipinski definition) is 4. The summed E-state index contributed by atoms with van der Waals surface area (Å²) in [5, 5.41) is 0. The van der Waals surface area contributed by atoms with Crippen LogP contribution in [0.5, 0.6) is 0 Å². The van der Waals surface area contributed by atoms with Gasteiger partial charge in [0.15, 0.2) is 0 Å². The van der Waals surface area contributed by atoms with E-state index in [-0.39, 0.29) is 0 Å². The SMILES string of the molecule is C1=NC2(N=C1)N=CC=N2. The van der Waals surface area contributed by atoms with E-state index in [9.17, 15) is 0 Å². The van der Waals surface area contributed by atoms with Crippen molar-refractivity contribution in [3.8, 4) is 0 Å². The molecular weight excluding hydrogens is 116 g/mol. The molecular formula is C5H4N4. The van der Waals surface area contributed by atoms with Gasteiger partial charge in [0, 0.05) is 24.9 Å². The van der Waals surface area contributed by atoms with Crippen molar-refractivity contribution in [3.05, 3.63) is 0 Å². The first kappa shape index (κ1) is 4.55. The quantitative estimate of drug-likeness (QED) is 0.429. The zero-order valence-corrected chi connectivity index (χ0v) is 4.60. The highest BCUT2D eigenvalue weighted by Gasteiger charge is 2.27. The van der Waals surface area contributed by atoms with Gasteiger partial charge in [0.25, 0.3) is 0 Å². The van der Waals surface area contributed by atoms with E-state index in [1.54, 1.807) is 24.9 Å². The smallest absolute Gasteiger partial charge is 0.219 e. The van der Waals surface area contributed by atoms with Crippen LogP contribution in [0.2, 0.25) is 0 Å². The van der Waals surface area contributed by atoms with Crippen molar-refractivity contribution in [1.82, 2.24) is 0 Å². The fourth-order valence-electron chi connectivity index (χ4n) is 0.733. The van der Waals surface area contributed by atoms with Gasteiger partial charge in [-0.05, 0) is 0 Å². The molecule has 2 aliphatic rings. The van der Waals surface area contributed by atoms with Crippen LogP contribution in [0.25, 0.3) is 0 Å². The number of aliphatic imine (C=N–C) groups is 4. The zero-order valence-electron chi connectivity index (χ0n) is 4.60. The van der Waals surface area contributed by atoms with Crippen LogP contribution < -0.4 is 0 Å². The molecule has 9 heavy (non-hydrogen) atoms. The van der Waals surface area contributed by atoms with Gasteiger partial charge in [-0.25, -0.2) is 20.0 Å². The van der Waals surface area contributed by atoms with E-state index in [2.05, 4.69) is 20.0 Å². The molecule has 0 bridgehead atoms. The summed E-state index contributed by atoms with van der Waals surface area (Å²) in [6.07, 6.45) is 6.39. The maximum atomic E-state index is 3.92. The van der Waals surface area contributed by atoms with Gasteiger partial charge in [-0.3, -0.25) is 0 Å². The van der Waals surface area contributed by atoms with Crippen molar-refractivity contribution in [2.24, 2.45) is 20.0 Å². The summed E-state index contributed by atoms with van der Waals surface area (Å²) in [5.41, 5.74) is 0. The summed E-state index contributed by atoms with van der Waals surface area (Å²) in [5.74, 6) is -0.833. The van der Waals surface area contributed by atoms with Gasteiger partial charge in [0.1, 0.15) is 0 Å². The number of hydrogen-bond donors (Lipinski definition) is 0. The molecule has 0 aromatic heterocycles. The van der Waals surface area contributed by atoms with Crippen LogP contribution in [0.1, 0.15) is 0 Å². The average molecular weight is 120 g/mol. The summed E-state index contributed by atoms with van der Waals surface area (Å²) in [4.78, 5) is 15.7. The second-order valence-electron chi connectivity index (χ2n) is 1.71. The van der Waals surface area contributed by atoms with E-state index in [1.807, 2.05) is 0 Å². The lowest BCUT2D eigenvalue weighted by molar-refractivity contribution is 0.526. The Hall–Kier alpha value is -1.32. The molecule has 2 heterocycles. The number of nitrogens with zero attached hydrogens (tertiary/aromatic N) is 4. The molecule has 0 N–H and O–H groups in total. The van der Waals surface area contributed by atoms with Crippen molar-refractivity contribution >= 4 is 24.9 Å². The second-order valence-corrected chi connectivity index (χ2v) is 1.71. The topological polar surface area (TPSA) is 49.4 Å². The zero-order chi connectivity index (χ0) is 6.16. The molecule has 0 aromatic carbocycles. The Labute approximate surface area is 51.8 Å². The lowest BCUT2D eigenvalue weighted by atomic mass is 10.7. The third-order valence-corrected chi connectivity index (χ3v) is 1.12. The molecule has 0 amide bonds. The normalized spacial score (nSPS) is 24.9. The average Bonchev–Trinajstić information content (AvgIpc) is 2.45. The summed E-state index contributed by atoms with van der Waals surface area (Å²) in [7, 11) is 0. The molecule has 2 aliphatic heterocycles. The first-order chi connectivity index (χ1) is 4.41. The monoisotopic (exact) mass is 120 g/mol. The van der Waals surface area contributed by atoms with Crippen LogP contribution in [-0.2, 0) is 0 Å². The molecule has 4 heteroatoms. The van der Waals surface area contributed by atoms with Gasteiger partial charge in [-0.2, -0.15) is 0 Å². The van der Waals surface area contributed by atoms with Crippen molar-refractivity contribution in [3.63, 3.8) is 0 Å². The van der Waals surface area contributed by atoms with Crippen LogP contribution in [0, 0.1) is 0 Å². The Morgan fingerprint density at radius 2 is 1.00 bits per heavy atom. The van der Waals surface area contributed by atoms with Crippen molar-refractivity contribution < 1.29 is 0 Å². The molecule has 0 aliphatic carbocycles. The fourth-order valence-corrected chi connectivity index (χ4v) is 0.733. The Bertz CT molecular complexity index is 182. The van der Waals surface area contributed by atoms with Crippen LogP contribution in [-0.4, -0.2) is 30.8 Å². The Kier molecular flexibility index (Phi) is 0.677. The predicted octanol–water partition coefficient (Wildman–Crippen LogP) is -0.0919. The largest absolute Gasteiger partial charge is 0.348 e. The molecule has 1 spiro atoms. The van der Waals surface area contributed by atoms with Crippen LogP contribution >= 0.6 is 0 Å². The van der Waals surface area contributed by atoms with Gasteiger partial charge in [-0.15, -0.1) is 0 Å². The lowest BCUT2D eigenvalue weighted by Crippen LogP contribution is -2.10. The van der Waals surface area contributed by atoms with Gasteiger partial charge < -0.3 is 0 Å². The first-order valence-electron chi connectivity index (χ1n) is 2.59. The molecule has 0 radical (unpaired) electrons. The summed E-state index contributed by atoms with van der Waals surface area (Å²) < 4.78 is 0. The molecule has 44 valence electrons. The minimum atomic E-state index is -0.833. The van der Waals surface area contributed by atoms with Gasteiger partial charge >= 0.3 is 5.91 Å². The highest BCUT2D eigenvalue weighted by atomic mass is 15.4. The Morgan fingerprint density at radius 3 is 1.33 bits per heavy atom. The maximum absolute atomic E-state index is 3.92. The maximum Gasteiger partial charge on any atom is 0.348 e. The molecule has 0 fully saturated rings. The predicted molar refractivity (Wildman–Crippen MR) is 36.7 cm³/mol. The second kappa shape index (κ2) is 1.34. The van der Waals surface area contributed by atoms with Crippen molar-refractivity contribution in [1.29, 1.82) is 0 Å². The highest BCUT2D eigenvalue weighted by molar-refractivity contribution is 6.20. The summed E-state index contributed by atoms with van der Waals surface area (Å²) >= 11 is 0. The molecule has 4 nitrogen and oxygen atoms in total. The molecule has 0 saturated carbocycles. The summed E-state index contributed by atoms with van der Waals surface area (Å²) in [6, 6.07) is 0. The van der Waals surface area contributed by atoms with Crippen molar-refractivity contribution in [2.75, 3.05) is 0 Å². The standard InChI is InChI=1S/C5H4N4/c1-2-7-5(6-1)8-3-4-9-5/h1-4H. The van der Waals surface area contributed by atoms with E-state index in [0.29, 0.717) is 0 Å². The summed E-state index contributed by atoms with van der Waals surface area (Å²) in [6.45, 7) is 0. The van der Waals surface area contributed by atoms with Gasteiger partial charge in [0.2, 0.25) is 0 Å². The van der Waals surface area contributed by atoms with Gasteiger partial charge in [0.05, 0.1) is 0 Å². The Balaban J connectivity index is 2.46. The van der Waals surface area contributed by atoms with E-state index >= 15 is 0 Å². The fraction of sp³-hybridized carbons (Fsp3) is 0.200. The highest BCUT2D eigenvalue weighted by Crippen LogP contribution is 2.20.